The predicted molar refractivity (Wildman–Crippen MR) is 121 cm³/mol. The van der Waals surface area contributed by atoms with Gasteiger partial charge in [0.05, 0.1) is 13.7 Å². The summed E-state index contributed by atoms with van der Waals surface area (Å²) >= 11 is 0. The van der Waals surface area contributed by atoms with Gasteiger partial charge in [-0.1, -0.05) is 25.9 Å². The van der Waals surface area contributed by atoms with Crippen molar-refractivity contribution in [2.75, 3.05) is 25.6 Å². The molecule has 2 rings (SSSR count). The van der Waals surface area contributed by atoms with E-state index in [0.717, 1.165) is 12.2 Å². The SMILES string of the molecule is CCNC(=NCc1noc(C(C)(C)C)n1)Nc1ccc(OC)c(OCC)c1.I. The summed E-state index contributed by atoms with van der Waals surface area (Å²) < 4.78 is 16.2. The van der Waals surface area contributed by atoms with Gasteiger partial charge in [-0.05, 0) is 26.0 Å². The first-order valence-corrected chi connectivity index (χ1v) is 9.06. The Labute approximate surface area is 183 Å². The first-order chi connectivity index (χ1) is 12.9. The summed E-state index contributed by atoms with van der Waals surface area (Å²) in [6.07, 6.45) is 0. The molecule has 0 unspecified atom stereocenters. The van der Waals surface area contributed by atoms with Gasteiger partial charge in [-0.15, -0.1) is 24.0 Å². The molecule has 1 aromatic heterocycles. The van der Waals surface area contributed by atoms with Crippen LogP contribution in [-0.4, -0.2) is 36.4 Å². The maximum atomic E-state index is 5.62. The van der Waals surface area contributed by atoms with Gasteiger partial charge < -0.3 is 24.6 Å². The number of benzene rings is 1. The third-order valence-electron chi connectivity index (χ3n) is 3.56. The molecule has 9 heteroatoms. The summed E-state index contributed by atoms with van der Waals surface area (Å²) in [5.41, 5.74) is 0.652. The first kappa shape index (κ1) is 24.0. The van der Waals surface area contributed by atoms with Crippen LogP contribution in [0.3, 0.4) is 0 Å². The van der Waals surface area contributed by atoms with Crippen molar-refractivity contribution in [3.8, 4) is 11.5 Å². The standard InChI is InChI=1S/C19H29N5O3.HI/c1-7-20-18(21-12-16-23-17(27-24-16)19(3,4)5)22-13-9-10-14(25-6)15(11-13)26-8-2;/h9-11H,7-8,12H2,1-6H3,(H2,20,21,22);1H. The number of aliphatic imine (C=N–C) groups is 1. The molecule has 0 atom stereocenters. The van der Waals surface area contributed by atoms with Crippen LogP contribution in [0, 0.1) is 0 Å². The van der Waals surface area contributed by atoms with Gasteiger partial charge in [0.2, 0.25) is 5.89 Å². The summed E-state index contributed by atoms with van der Waals surface area (Å²) in [5, 5.41) is 10.5. The molecule has 28 heavy (non-hydrogen) atoms. The Hall–Kier alpha value is -2.04. The summed E-state index contributed by atoms with van der Waals surface area (Å²) in [4.78, 5) is 8.93. The van der Waals surface area contributed by atoms with Crippen LogP contribution in [0.4, 0.5) is 5.69 Å². The molecule has 2 aromatic rings. The normalized spacial score (nSPS) is 11.6. The summed E-state index contributed by atoms with van der Waals surface area (Å²) in [6.45, 7) is 11.6. The van der Waals surface area contributed by atoms with E-state index in [2.05, 4.69) is 25.8 Å². The second-order valence-electron chi connectivity index (χ2n) is 6.88. The lowest BCUT2D eigenvalue weighted by Gasteiger charge is -2.14. The zero-order chi connectivity index (χ0) is 19.9. The average Bonchev–Trinajstić information content (AvgIpc) is 3.10. The Balaban J connectivity index is 0.00000392. The lowest BCUT2D eigenvalue weighted by molar-refractivity contribution is 0.311. The first-order valence-electron chi connectivity index (χ1n) is 9.06. The van der Waals surface area contributed by atoms with Gasteiger partial charge in [-0.3, -0.25) is 0 Å². The largest absolute Gasteiger partial charge is 0.493 e. The molecular weight excluding hydrogens is 473 g/mol. The maximum Gasteiger partial charge on any atom is 0.232 e. The molecular formula is C19H30IN5O3. The number of nitrogens with zero attached hydrogens (tertiary/aromatic N) is 3. The minimum Gasteiger partial charge on any atom is -0.493 e. The number of anilines is 1. The quantitative estimate of drug-likeness (QED) is 0.336. The van der Waals surface area contributed by atoms with Crippen LogP contribution >= 0.6 is 24.0 Å². The van der Waals surface area contributed by atoms with Gasteiger partial charge >= 0.3 is 0 Å². The highest BCUT2D eigenvalue weighted by Gasteiger charge is 2.21. The Morgan fingerprint density at radius 1 is 1.21 bits per heavy atom. The van der Waals surface area contributed by atoms with Crippen molar-refractivity contribution in [1.82, 2.24) is 15.5 Å². The highest BCUT2D eigenvalue weighted by Crippen LogP contribution is 2.30. The van der Waals surface area contributed by atoms with E-state index in [9.17, 15) is 0 Å². The Morgan fingerprint density at radius 3 is 2.54 bits per heavy atom. The van der Waals surface area contributed by atoms with Gasteiger partial charge in [0.15, 0.2) is 23.3 Å². The number of hydrogen-bond donors (Lipinski definition) is 2. The third-order valence-corrected chi connectivity index (χ3v) is 3.56. The van der Waals surface area contributed by atoms with E-state index < -0.39 is 0 Å². The Kier molecular flexibility index (Phi) is 9.50. The molecule has 1 heterocycles. The van der Waals surface area contributed by atoms with Crippen LogP contribution in [0.5, 0.6) is 11.5 Å². The molecule has 156 valence electrons. The number of ether oxygens (including phenoxy) is 2. The van der Waals surface area contributed by atoms with Crippen LogP contribution in [0.25, 0.3) is 0 Å². The van der Waals surface area contributed by atoms with Crippen molar-refractivity contribution in [3.63, 3.8) is 0 Å². The zero-order valence-corrected chi connectivity index (χ0v) is 19.7. The molecule has 0 aliphatic carbocycles. The minimum absolute atomic E-state index is 0. The molecule has 0 amide bonds. The molecule has 0 aliphatic heterocycles. The number of methoxy groups -OCH3 is 1. The van der Waals surface area contributed by atoms with Crippen molar-refractivity contribution >= 4 is 35.6 Å². The van der Waals surface area contributed by atoms with E-state index in [4.69, 9.17) is 14.0 Å². The van der Waals surface area contributed by atoms with E-state index in [0.29, 0.717) is 42.3 Å². The summed E-state index contributed by atoms with van der Waals surface area (Å²) in [5.74, 6) is 3.12. The van der Waals surface area contributed by atoms with E-state index in [1.165, 1.54) is 0 Å². The Bertz CT molecular complexity index is 771. The predicted octanol–water partition coefficient (Wildman–Crippen LogP) is 3.97. The van der Waals surface area contributed by atoms with Gasteiger partial charge in [-0.2, -0.15) is 4.98 Å². The smallest absolute Gasteiger partial charge is 0.232 e. The number of hydrogen-bond acceptors (Lipinski definition) is 6. The number of aromatic nitrogens is 2. The van der Waals surface area contributed by atoms with E-state index >= 15 is 0 Å². The monoisotopic (exact) mass is 503 g/mol. The van der Waals surface area contributed by atoms with Crippen LogP contribution in [0.1, 0.15) is 46.3 Å². The van der Waals surface area contributed by atoms with E-state index in [-0.39, 0.29) is 29.4 Å². The highest BCUT2D eigenvalue weighted by atomic mass is 127. The molecule has 0 radical (unpaired) electrons. The fourth-order valence-corrected chi connectivity index (χ4v) is 2.24. The van der Waals surface area contributed by atoms with Crippen molar-refractivity contribution in [3.05, 3.63) is 29.9 Å². The third kappa shape index (κ3) is 6.84. The van der Waals surface area contributed by atoms with Crippen molar-refractivity contribution in [2.24, 2.45) is 4.99 Å². The average molecular weight is 503 g/mol. The summed E-state index contributed by atoms with van der Waals surface area (Å²) in [6, 6.07) is 5.63. The second-order valence-corrected chi connectivity index (χ2v) is 6.88. The van der Waals surface area contributed by atoms with Crippen LogP contribution in [0.2, 0.25) is 0 Å². The molecule has 8 nitrogen and oxygen atoms in total. The second kappa shape index (κ2) is 11.1. The van der Waals surface area contributed by atoms with Gasteiger partial charge in [0, 0.05) is 23.7 Å². The Morgan fingerprint density at radius 2 is 1.96 bits per heavy atom. The van der Waals surface area contributed by atoms with Crippen molar-refractivity contribution in [1.29, 1.82) is 0 Å². The highest BCUT2D eigenvalue weighted by molar-refractivity contribution is 14.0. The number of guanidine groups is 1. The number of nitrogens with one attached hydrogen (secondary N) is 2. The molecule has 0 saturated heterocycles. The number of rotatable bonds is 7. The van der Waals surface area contributed by atoms with Crippen molar-refractivity contribution < 1.29 is 14.0 Å². The van der Waals surface area contributed by atoms with Crippen molar-refractivity contribution in [2.45, 2.75) is 46.6 Å². The minimum atomic E-state index is -0.184. The molecule has 0 bridgehead atoms. The number of halogens is 1. The molecule has 0 spiro atoms. The van der Waals surface area contributed by atoms with Gasteiger partial charge in [-0.25, -0.2) is 4.99 Å². The topological polar surface area (TPSA) is 93.8 Å². The molecule has 0 fully saturated rings. The maximum absolute atomic E-state index is 5.62. The zero-order valence-electron chi connectivity index (χ0n) is 17.3. The summed E-state index contributed by atoms with van der Waals surface area (Å²) in [7, 11) is 1.62. The van der Waals surface area contributed by atoms with Crippen LogP contribution < -0.4 is 20.1 Å². The fourth-order valence-electron chi connectivity index (χ4n) is 2.24. The van der Waals surface area contributed by atoms with Gasteiger partial charge in [0.1, 0.15) is 6.54 Å². The van der Waals surface area contributed by atoms with Crippen LogP contribution in [-0.2, 0) is 12.0 Å². The fraction of sp³-hybridized carbons (Fsp3) is 0.526. The lowest BCUT2D eigenvalue weighted by Crippen LogP contribution is -2.30. The molecule has 0 aliphatic rings. The van der Waals surface area contributed by atoms with Crippen LogP contribution in [0.15, 0.2) is 27.7 Å². The van der Waals surface area contributed by atoms with Gasteiger partial charge in [0.25, 0.3) is 0 Å². The van der Waals surface area contributed by atoms with E-state index in [1.807, 2.05) is 52.8 Å². The molecule has 2 N–H and O–H groups in total. The molecule has 0 saturated carbocycles. The van der Waals surface area contributed by atoms with E-state index in [1.54, 1.807) is 7.11 Å². The lowest BCUT2D eigenvalue weighted by atomic mass is 9.97. The molecule has 1 aromatic carbocycles.